The Balaban J connectivity index is 1.49. The van der Waals surface area contributed by atoms with Gasteiger partial charge in [-0.3, -0.25) is 14.7 Å². The van der Waals surface area contributed by atoms with Crippen LogP contribution in [-0.4, -0.2) is 46.9 Å². The first kappa shape index (κ1) is 19.0. The lowest BCUT2D eigenvalue weighted by Gasteiger charge is -2.37. The average Bonchev–Trinajstić information content (AvgIpc) is 2.74. The van der Waals surface area contributed by atoms with E-state index in [1.54, 1.807) is 24.0 Å². The number of rotatable bonds is 3. The maximum atomic E-state index is 13.4. The van der Waals surface area contributed by atoms with E-state index in [1.165, 1.54) is 12.1 Å². The quantitative estimate of drug-likeness (QED) is 0.686. The van der Waals surface area contributed by atoms with Gasteiger partial charge in [0.25, 0.3) is 5.91 Å². The number of nitriles is 1. The van der Waals surface area contributed by atoms with E-state index in [-0.39, 0.29) is 17.8 Å². The van der Waals surface area contributed by atoms with Gasteiger partial charge in [-0.15, -0.1) is 0 Å². The zero-order valence-corrected chi connectivity index (χ0v) is 16.2. The van der Waals surface area contributed by atoms with E-state index < -0.39 is 0 Å². The van der Waals surface area contributed by atoms with E-state index in [2.05, 4.69) is 16.0 Å². The Hall–Kier alpha value is -3.30. The third-order valence-corrected chi connectivity index (χ3v) is 5.40. The van der Waals surface area contributed by atoms with Crippen LogP contribution in [0.4, 0.5) is 4.39 Å². The van der Waals surface area contributed by atoms with Crippen molar-refractivity contribution < 1.29 is 9.18 Å². The molecule has 1 aliphatic heterocycles. The Bertz CT molecular complexity index is 1090. The van der Waals surface area contributed by atoms with Crippen LogP contribution in [0, 0.1) is 24.1 Å². The maximum Gasteiger partial charge on any atom is 0.255 e. The number of aromatic nitrogens is 1. The first-order valence-electron chi connectivity index (χ1n) is 9.61. The van der Waals surface area contributed by atoms with E-state index in [4.69, 9.17) is 0 Å². The molecule has 2 aromatic carbocycles. The van der Waals surface area contributed by atoms with Gasteiger partial charge in [0, 0.05) is 37.6 Å². The molecule has 146 valence electrons. The molecule has 4 rings (SSSR count). The number of pyridine rings is 1. The van der Waals surface area contributed by atoms with Gasteiger partial charge in [-0.25, -0.2) is 4.39 Å². The van der Waals surface area contributed by atoms with Crippen LogP contribution >= 0.6 is 0 Å². The Labute approximate surface area is 169 Å². The second-order valence-corrected chi connectivity index (χ2v) is 7.23. The lowest BCUT2D eigenvalue weighted by atomic mass is 10.0. The summed E-state index contributed by atoms with van der Waals surface area (Å²) in [5.74, 6) is -0.417. The molecular formula is C23H21FN4O. The predicted octanol–water partition coefficient (Wildman–Crippen LogP) is 3.71. The van der Waals surface area contributed by atoms with Crippen LogP contribution in [0.3, 0.4) is 0 Å². The first-order valence-corrected chi connectivity index (χ1v) is 9.61. The van der Waals surface area contributed by atoms with Crippen molar-refractivity contribution in [3.05, 3.63) is 77.2 Å². The van der Waals surface area contributed by atoms with E-state index >= 15 is 0 Å². The molecule has 1 amide bonds. The number of fused-ring (bicyclic) bond motifs is 1. The smallest absolute Gasteiger partial charge is 0.255 e. The first-order chi connectivity index (χ1) is 14.1. The molecule has 5 nitrogen and oxygen atoms in total. The molecule has 0 N–H and O–H groups in total. The van der Waals surface area contributed by atoms with E-state index in [0.717, 1.165) is 10.9 Å². The molecule has 1 unspecified atom stereocenters. The van der Waals surface area contributed by atoms with Gasteiger partial charge in [0.15, 0.2) is 0 Å². The largest absolute Gasteiger partial charge is 0.336 e. The number of amides is 1. The molecule has 6 heteroatoms. The molecule has 0 saturated carbocycles. The third-order valence-electron chi connectivity index (χ3n) is 5.40. The van der Waals surface area contributed by atoms with Gasteiger partial charge < -0.3 is 4.90 Å². The highest BCUT2D eigenvalue weighted by Gasteiger charge is 2.28. The number of benzene rings is 2. The molecule has 29 heavy (non-hydrogen) atoms. The maximum absolute atomic E-state index is 13.4. The monoisotopic (exact) mass is 388 g/mol. The van der Waals surface area contributed by atoms with Crippen LogP contribution in [0.25, 0.3) is 10.9 Å². The number of aryl methyl sites for hydroxylation is 1. The summed E-state index contributed by atoms with van der Waals surface area (Å²) in [5, 5.41) is 10.4. The van der Waals surface area contributed by atoms with Crippen molar-refractivity contribution >= 4 is 16.8 Å². The van der Waals surface area contributed by atoms with Gasteiger partial charge in [0.1, 0.15) is 11.9 Å². The fraction of sp³-hybridized carbons (Fsp3) is 0.261. The predicted molar refractivity (Wildman–Crippen MR) is 109 cm³/mol. The van der Waals surface area contributed by atoms with Gasteiger partial charge in [-0.1, -0.05) is 30.3 Å². The van der Waals surface area contributed by atoms with Crippen LogP contribution in [0.1, 0.15) is 27.7 Å². The minimum Gasteiger partial charge on any atom is -0.336 e. The average molecular weight is 388 g/mol. The molecule has 3 aromatic rings. The minimum atomic E-state index is -0.343. The molecule has 1 fully saturated rings. The number of carbonyl (C=O) groups excluding carboxylic acids is 1. The molecule has 1 saturated heterocycles. The number of hydrogen-bond donors (Lipinski definition) is 0. The van der Waals surface area contributed by atoms with Crippen LogP contribution in [0.5, 0.6) is 0 Å². The highest BCUT2D eigenvalue weighted by atomic mass is 19.1. The Kier molecular flexibility index (Phi) is 5.24. The second kappa shape index (κ2) is 7.98. The molecule has 1 aromatic heterocycles. The third kappa shape index (κ3) is 3.82. The van der Waals surface area contributed by atoms with Crippen molar-refractivity contribution in [2.45, 2.75) is 13.0 Å². The molecule has 0 aliphatic carbocycles. The fourth-order valence-electron chi connectivity index (χ4n) is 3.81. The van der Waals surface area contributed by atoms with E-state index in [9.17, 15) is 14.4 Å². The molecule has 0 spiro atoms. The SMILES string of the molecule is Cc1nc2cc(F)ccc2cc1C(=O)N1CCN(C(C#N)c2ccccc2)CC1. The van der Waals surface area contributed by atoms with Crippen molar-refractivity contribution in [3.8, 4) is 6.07 Å². The summed E-state index contributed by atoms with van der Waals surface area (Å²) in [7, 11) is 0. The second-order valence-electron chi connectivity index (χ2n) is 7.23. The van der Waals surface area contributed by atoms with Gasteiger partial charge in [0.2, 0.25) is 0 Å². The summed E-state index contributed by atoms with van der Waals surface area (Å²) in [6.07, 6.45) is 0. The summed E-state index contributed by atoms with van der Waals surface area (Å²) in [5.41, 5.74) is 2.65. The van der Waals surface area contributed by atoms with Gasteiger partial charge in [0.05, 0.1) is 22.8 Å². The van der Waals surface area contributed by atoms with Gasteiger partial charge in [-0.2, -0.15) is 5.26 Å². The van der Waals surface area contributed by atoms with Crippen molar-refractivity contribution in [2.75, 3.05) is 26.2 Å². The lowest BCUT2D eigenvalue weighted by Crippen LogP contribution is -2.49. The van der Waals surface area contributed by atoms with Crippen molar-refractivity contribution in [3.63, 3.8) is 0 Å². The molecule has 0 radical (unpaired) electrons. The van der Waals surface area contributed by atoms with Crippen LogP contribution in [0.2, 0.25) is 0 Å². The molecule has 2 heterocycles. The zero-order valence-electron chi connectivity index (χ0n) is 16.2. The van der Waals surface area contributed by atoms with Gasteiger partial charge >= 0.3 is 0 Å². The number of carbonyl (C=O) groups is 1. The number of piperazine rings is 1. The Morgan fingerprint density at radius 3 is 2.52 bits per heavy atom. The summed E-state index contributed by atoms with van der Waals surface area (Å²) in [6.45, 7) is 4.12. The minimum absolute atomic E-state index is 0.0749. The van der Waals surface area contributed by atoms with Crippen LogP contribution < -0.4 is 0 Å². The number of nitrogens with zero attached hydrogens (tertiary/aromatic N) is 4. The van der Waals surface area contributed by atoms with E-state index in [0.29, 0.717) is 43.0 Å². The topological polar surface area (TPSA) is 60.2 Å². The summed E-state index contributed by atoms with van der Waals surface area (Å²) in [6, 6.07) is 18.0. The Morgan fingerprint density at radius 1 is 1.10 bits per heavy atom. The Morgan fingerprint density at radius 2 is 1.83 bits per heavy atom. The molecular weight excluding hydrogens is 367 g/mol. The van der Waals surface area contributed by atoms with Crippen molar-refractivity contribution in [1.82, 2.24) is 14.8 Å². The summed E-state index contributed by atoms with van der Waals surface area (Å²) < 4.78 is 13.4. The normalized spacial score (nSPS) is 15.8. The molecule has 0 bridgehead atoms. The number of hydrogen-bond acceptors (Lipinski definition) is 4. The zero-order chi connectivity index (χ0) is 20.4. The lowest BCUT2D eigenvalue weighted by molar-refractivity contribution is 0.0605. The summed E-state index contributed by atoms with van der Waals surface area (Å²) >= 11 is 0. The summed E-state index contributed by atoms with van der Waals surface area (Å²) in [4.78, 5) is 21.4. The fourth-order valence-corrected chi connectivity index (χ4v) is 3.81. The van der Waals surface area contributed by atoms with Crippen molar-refractivity contribution in [1.29, 1.82) is 5.26 Å². The van der Waals surface area contributed by atoms with Crippen LogP contribution in [-0.2, 0) is 0 Å². The standard InChI is InChI=1S/C23H21FN4O/c1-16-20(13-18-7-8-19(24)14-21(18)26-16)23(29)28-11-9-27(10-12-28)22(15-25)17-5-3-2-4-6-17/h2-8,13-14,22H,9-12H2,1H3. The number of halogens is 1. The van der Waals surface area contributed by atoms with Crippen LogP contribution in [0.15, 0.2) is 54.6 Å². The van der Waals surface area contributed by atoms with Gasteiger partial charge in [-0.05, 0) is 30.7 Å². The highest BCUT2D eigenvalue weighted by Crippen LogP contribution is 2.23. The van der Waals surface area contributed by atoms with E-state index in [1.807, 2.05) is 30.3 Å². The molecule has 1 atom stereocenters. The highest BCUT2D eigenvalue weighted by molar-refractivity contribution is 5.98. The molecule has 1 aliphatic rings. The van der Waals surface area contributed by atoms with Crippen molar-refractivity contribution in [2.24, 2.45) is 0 Å².